The van der Waals surface area contributed by atoms with E-state index in [2.05, 4.69) is 10.0 Å². The van der Waals surface area contributed by atoms with E-state index >= 15 is 0 Å². The first-order valence-electron chi connectivity index (χ1n) is 9.22. The first-order chi connectivity index (χ1) is 13.0. The molecule has 0 atom stereocenters. The number of hydrogen-bond acceptors (Lipinski definition) is 6. The first-order valence-corrected chi connectivity index (χ1v) is 11.0. The van der Waals surface area contributed by atoms with E-state index in [1.54, 1.807) is 18.2 Å². The van der Waals surface area contributed by atoms with Gasteiger partial charge >= 0.3 is 0 Å². The third kappa shape index (κ3) is 11.5. The van der Waals surface area contributed by atoms with Crippen LogP contribution in [0, 0.1) is 0 Å². The van der Waals surface area contributed by atoms with Crippen molar-refractivity contribution >= 4 is 15.8 Å². The number of aliphatic hydroxyl groups is 1. The molecular formula is C18H29N3O5S. The van der Waals surface area contributed by atoms with Crippen molar-refractivity contribution in [1.82, 2.24) is 0 Å². The van der Waals surface area contributed by atoms with Crippen LogP contribution in [0.4, 0.5) is 5.69 Å². The quantitative estimate of drug-likeness (QED) is 0.152. The van der Waals surface area contributed by atoms with Gasteiger partial charge in [0.2, 0.25) is 0 Å². The van der Waals surface area contributed by atoms with Crippen LogP contribution in [-0.2, 0) is 20.9 Å². The zero-order valence-electron chi connectivity index (χ0n) is 15.8. The molecule has 8 nitrogen and oxygen atoms in total. The van der Waals surface area contributed by atoms with Crippen molar-refractivity contribution in [3.8, 4) is 5.75 Å². The number of nitrogens with zero attached hydrogens (tertiary/aromatic N) is 3. The average molecular weight is 400 g/mol. The molecule has 9 heteroatoms. The minimum absolute atomic E-state index is 0.124. The molecule has 0 radical (unpaired) electrons. The van der Waals surface area contributed by atoms with Crippen LogP contribution in [0.15, 0.2) is 23.3 Å². The Hall–Kier alpha value is -1.80. The van der Waals surface area contributed by atoms with Gasteiger partial charge in [0.15, 0.2) is 0 Å². The number of azide groups is 1. The number of rotatable bonds is 15. The van der Waals surface area contributed by atoms with Gasteiger partial charge in [0.25, 0.3) is 10.1 Å². The molecule has 0 spiro atoms. The summed E-state index contributed by atoms with van der Waals surface area (Å²) in [6.07, 6.45) is 9.25. The lowest BCUT2D eigenvalue weighted by atomic mass is 10.1. The second-order valence-corrected chi connectivity index (χ2v) is 7.99. The lowest BCUT2D eigenvalue weighted by Crippen LogP contribution is -2.03. The molecule has 0 bridgehead atoms. The van der Waals surface area contributed by atoms with Crippen LogP contribution >= 0.6 is 0 Å². The largest absolute Gasteiger partial charge is 0.493 e. The predicted octanol–water partition coefficient (Wildman–Crippen LogP) is 4.60. The Morgan fingerprint density at radius 1 is 1.04 bits per heavy atom. The van der Waals surface area contributed by atoms with Crippen LogP contribution < -0.4 is 4.74 Å². The maximum Gasteiger partial charge on any atom is 0.264 e. The summed E-state index contributed by atoms with van der Waals surface area (Å²) < 4.78 is 32.0. The summed E-state index contributed by atoms with van der Waals surface area (Å²) in [5.41, 5.74) is 9.62. The molecule has 0 saturated carbocycles. The van der Waals surface area contributed by atoms with Gasteiger partial charge in [0.05, 0.1) is 26.1 Å². The molecule has 1 aromatic carbocycles. The fourth-order valence-corrected chi connectivity index (χ4v) is 3.00. The van der Waals surface area contributed by atoms with Crippen LogP contribution in [0.5, 0.6) is 5.75 Å². The monoisotopic (exact) mass is 399 g/mol. The summed E-state index contributed by atoms with van der Waals surface area (Å²) in [6, 6.07) is 4.98. The number of benzene rings is 1. The fraction of sp³-hybridized carbons (Fsp3) is 0.667. The van der Waals surface area contributed by atoms with Crippen molar-refractivity contribution in [3.05, 3.63) is 34.2 Å². The second-order valence-electron chi connectivity index (χ2n) is 6.34. The van der Waals surface area contributed by atoms with Crippen LogP contribution in [0.25, 0.3) is 10.4 Å². The predicted molar refractivity (Wildman–Crippen MR) is 104 cm³/mol. The van der Waals surface area contributed by atoms with Crippen molar-refractivity contribution in [1.29, 1.82) is 0 Å². The molecule has 1 N–H and O–H groups in total. The van der Waals surface area contributed by atoms with Gasteiger partial charge in [-0.15, -0.1) is 0 Å². The smallest absolute Gasteiger partial charge is 0.264 e. The molecule has 27 heavy (non-hydrogen) atoms. The minimum atomic E-state index is -3.31. The Morgan fingerprint density at radius 3 is 2.19 bits per heavy atom. The van der Waals surface area contributed by atoms with Gasteiger partial charge in [-0.2, -0.15) is 8.42 Å². The molecule has 0 aromatic heterocycles. The van der Waals surface area contributed by atoms with Crippen LogP contribution in [-0.4, -0.2) is 33.0 Å². The normalized spacial score (nSPS) is 11.2. The van der Waals surface area contributed by atoms with Gasteiger partial charge in [-0.25, -0.2) is 0 Å². The highest BCUT2D eigenvalue weighted by molar-refractivity contribution is 7.85. The van der Waals surface area contributed by atoms with E-state index in [0.29, 0.717) is 23.6 Å². The van der Waals surface area contributed by atoms with Crippen molar-refractivity contribution in [2.24, 2.45) is 5.11 Å². The zero-order chi connectivity index (χ0) is 20.0. The number of aliphatic hydroxyl groups excluding tert-OH is 1. The molecule has 152 valence electrons. The van der Waals surface area contributed by atoms with Crippen molar-refractivity contribution < 1.29 is 22.4 Å². The molecule has 0 unspecified atom stereocenters. The lowest BCUT2D eigenvalue weighted by molar-refractivity contribution is 0.260. The Bertz CT molecular complexity index is 703. The number of unbranched alkanes of at least 4 members (excludes halogenated alkanes) is 7. The summed E-state index contributed by atoms with van der Waals surface area (Å²) in [4.78, 5) is 2.75. The highest BCUT2D eigenvalue weighted by Gasteiger charge is 2.04. The third-order valence-corrected chi connectivity index (χ3v) is 4.57. The highest BCUT2D eigenvalue weighted by atomic mass is 32.2. The summed E-state index contributed by atoms with van der Waals surface area (Å²) in [5, 5.41) is 12.9. The van der Waals surface area contributed by atoms with Gasteiger partial charge in [-0.3, -0.25) is 4.18 Å². The summed E-state index contributed by atoms with van der Waals surface area (Å²) in [6.45, 7) is 0.698. The van der Waals surface area contributed by atoms with E-state index < -0.39 is 10.1 Å². The molecule has 0 amide bonds. The first kappa shape index (κ1) is 23.2. The summed E-state index contributed by atoms with van der Waals surface area (Å²) in [7, 11) is -3.31. The Kier molecular flexibility index (Phi) is 11.5. The second kappa shape index (κ2) is 13.4. The van der Waals surface area contributed by atoms with E-state index in [9.17, 15) is 13.5 Å². The average Bonchev–Trinajstić information content (AvgIpc) is 2.62. The summed E-state index contributed by atoms with van der Waals surface area (Å²) in [5.74, 6) is 0.554. The Balaban J connectivity index is 2.07. The van der Waals surface area contributed by atoms with Gasteiger partial charge in [-0.05, 0) is 24.4 Å². The molecule has 0 fully saturated rings. The van der Waals surface area contributed by atoms with Gasteiger partial charge in [0.1, 0.15) is 5.75 Å². The SMILES string of the molecule is CS(=O)(=O)OCCCCCCCCCCOc1cc(N=[N+]=[N-])ccc1CO. The van der Waals surface area contributed by atoms with E-state index in [-0.39, 0.29) is 13.2 Å². The standard InChI is InChI=1S/C18H29N3O5S/c1-27(23,24)26-13-9-7-5-3-2-4-6-8-12-25-18-14-17(20-21-19)11-10-16(18)15-22/h10-11,14,22H,2-9,12-13,15H2,1H3. The van der Waals surface area contributed by atoms with Crippen LogP contribution in [0.2, 0.25) is 0 Å². The maximum absolute atomic E-state index is 10.8. The third-order valence-electron chi connectivity index (χ3n) is 3.97. The fourth-order valence-electron chi connectivity index (χ4n) is 2.58. The van der Waals surface area contributed by atoms with E-state index in [1.807, 2.05) is 0 Å². The highest BCUT2D eigenvalue weighted by Crippen LogP contribution is 2.25. The Labute approximate surface area is 161 Å². The van der Waals surface area contributed by atoms with Crippen LogP contribution in [0.1, 0.15) is 56.9 Å². The lowest BCUT2D eigenvalue weighted by Gasteiger charge is -2.10. The number of hydrogen-bond donors (Lipinski definition) is 1. The molecule has 0 heterocycles. The summed E-state index contributed by atoms with van der Waals surface area (Å²) >= 11 is 0. The van der Waals surface area contributed by atoms with E-state index in [1.165, 1.54) is 0 Å². The molecule has 0 aliphatic carbocycles. The molecule has 1 aromatic rings. The van der Waals surface area contributed by atoms with Gasteiger partial charge in [-0.1, -0.05) is 55.8 Å². The maximum atomic E-state index is 10.8. The van der Waals surface area contributed by atoms with Gasteiger partial charge in [0, 0.05) is 16.2 Å². The topological polar surface area (TPSA) is 122 Å². The Morgan fingerprint density at radius 2 is 1.63 bits per heavy atom. The molecule has 0 aliphatic rings. The molecule has 1 rings (SSSR count). The van der Waals surface area contributed by atoms with Crippen LogP contribution in [0.3, 0.4) is 0 Å². The minimum Gasteiger partial charge on any atom is -0.493 e. The molecule has 0 aliphatic heterocycles. The van der Waals surface area contributed by atoms with Gasteiger partial charge < -0.3 is 9.84 Å². The molecular weight excluding hydrogens is 370 g/mol. The van der Waals surface area contributed by atoms with Crippen molar-refractivity contribution in [2.45, 2.75) is 58.0 Å². The zero-order valence-corrected chi connectivity index (χ0v) is 16.7. The van der Waals surface area contributed by atoms with Crippen molar-refractivity contribution in [3.63, 3.8) is 0 Å². The molecule has 0 saturated heterocycles. The number of ether oxygens (including phenoxy) is 1. The van der Waals surface area contributed by atoms with Crippen molar-refractivity contribution in [2.75, 3.05) is 19.5 Å². The van der Waals surface area contributed by atoms with E-state index in [0.717, 1.165) is 57.6 Å². The van der Waals surface area contributed by atoms with E-state index in [4.69, 9.17) is 14.5 Å².